The molecular formula is C18H27NO2. The molecule has 0 bridgehead atoms. The predicted octanol–water partition coefficient (Wildman–Crippen LogP) is 3.70. The van der Waals surface area contributed by atoms with E-state index in [-0.39, 0.29) is 5.41 Å². The van der Waals surface area contributed by atoms with Gasteiger partial charge in [-0.15, -0.1) is 0 Å². The van der Waals surface area contributed by atoms with E-state index in [4.69, 9.17) is 0 Å². The molecule has 0 heterocycles. The van der Waals surface area contributed by atoms with Gasteiger partial charge in [-0.05, 0) is 60.8 Å². The summed E-state index contributed by atoms with van der Waals surface area (Å²) in [6, 6.07) is 4.47. The van der Waals surface area contributed by atoms with Crippen LogP contribution in [-0.2, 0) is 16.8 Å². The Bertz CT molecular complexity index is 528. The molecule has 1 aliphatic carbocycles. The number of aryl methyl sites for hydroxylation is 2. The minimum Gasteiger partial charge on any atom is -0.480 e. The second-order valence-electron chi connectivity index (χ2n) is 7.43. The Morgan fingerprint density at radius 3 is 2.10 bits per heavy atom. The highest BCUT2D eigenvalue weighted by Gasteiger charge is 2.43. The average molecular weight is 289 g/mol. The first kappa shape index (κ1) is 16.0. The van der Waals surface area contributed by atoms with Crippen LogP contribution in [0.15, 0.2) is 12.1 Å². The molecule has 21 heavy (non-hydrogen) atoms. The Morgan fingerprint density at radius 2 is 1.76 bits per heavy atom. The van der Waals surface area contributed by atoms with Crippen LogP contribution in [0.4, 0.5) is 0 Å². The third-order valence-corrected chi connectivity index (χ3v) is 4.78. The van der Waals surface area contributed by atoms with Crippen molar-refractivity contribution in [2.45, 2.75) is 71.4 Å². The largest absolute Gasteiger partial charge is 0.480 e. The Kier molecular flexibility index (Phi) is 4.16. The van der Waals surface area contributed by atoms with Crippen LogP contribution in [0.3, 0.4) is 0 Å². The van der Waals surface area contributed by atoms with Crippen LogP contribution in [0.25, 0.3) is 0 Å². The van der Waals surface area contributed by atoms with Crippen LogP contribution in [0.1, 0.15) is 62.3 Å². The van der Waals surface area contributed by atoms with E-state index in [2.05, 4.69) is 52.1 Å². The third kappa shape index (κ3) is 3.13. The van der Waals surface area contributed by atoms with Crippen molar-refractivity contribution >= 4 is 5.97 Å². The fourth-order valence-corrected chi connectivity index (χ4v) is 2.96. The quantitative estimate of drug-likeness (QED) is 0.888. The Hall–Kier alpha value is -1.35. The second-order valence-corrected chi connectivity index (χ2v) is 7.43. The lowest BCUT2D eigenvalue weighted by molar-refractivity contribution is -0.148. The Balaban J connectivity index is 2.20. The lowest BCUT2D eigenvalue weighted by Crippen LogP contribution is -2.56. The standard InChI is InChI=1S/C18H27NO2/c1-12-9-14(17(3,4)5)10-13(2)15(12)11-19-18(16(20)21)7-6-8-18/h9-10,19H,6-8,11H2,1-5H3,(H,20,21). The van der Waals surface area contributed by atoms with E-state index < -0.39 is 11.5 Å². The van der Waals surface area contributed by atoms with Crippen LogP contribution in [0.2, 0.25) is 0 Å². The van der Waals surface area contributed by atoms with Crippen molar-refractivity contribution in [3.05, 3.63) is 34.4 Å². The van der Waals surface area contributed by atoms with E-state index in [0.717, 1.165) is 19.3 Å². The van der Waals surface area contributed by atoms with Gasteiger partial charge in [0.1, 0.15) is 5.54 Å². The zero-order valence-electron chi connectivity index (χ0n) is 13.8. The van der Waals surface area contributed by atoms with Gasteiger partial charge >= 0.3 is 5.97 Å². The van der Waals surface area contributed by atoms with Gasteiger partial charge < -0.3 is 5.11 Å². The van der Waals surface area contributed by atoms with Crippen LogP contribution in [-0.4, -0.2) is 16.6 Å². The molecule has 3 heteroatoms. The first-order valence-electron chi connectivity index (χ1n) is 7.75. The SMILES string of the molecule is Cc1cc(C(C)(C)C)cc(C)c1CNC1(C(=O)O)CCC1. The van der Waals surface area contributed by atoms with E-state index in [0.29, 0.717) is 6.54 Å². The average Bonchev–Trinajstić information content (AvgIpc) is 2.28. The number of carboxylic acid groups (broad SMARTS) is 1. The molecule has 1 aliphatic rings. The summed E-state index contributed by atoms with van der Waals surface area (Å²) in [6.07, 6.45) is 2.47. The number of aliphatic carboxylic acids is 1. The van der Waals surface area contributed by atoms with E-state index >= 15 is 0 Å². The predicted molar refractivity (Wildman–Crippen MR) is 85.7 cm³/mol. The molecule has 1 fully saturated rings. The zero-order valence-corrected chi connectivity index (χ0v) is 13.8. The minimum absolute atomic E-state index is 0.137. The lowest BCUT2D eigenvalue weighted by atomic mass is 9.76. The first-order valence-corrected chi connectivity index (χ1v) is 7.75. The summed E-state index contributed by atoms with van der Waals surface area (Å²) in [7, 11) is 0. The molecule has 1 aromatic carbocycles. The minimum atomic E-state index is -0.713. The number of rotatable bonds is 4. The van der Waals surface area contributed by atoms with Crippen molar-refractivity contribution in [1.82, 2.24) is 5.32 Å². The number of hydrogen-bond donors (Lipinski definition) is 2. The maximum absolute atomic E-state index is 11.4. The van der Waals surface area contributed by atoms with Gasteiger partial charge in [-0.3, -0.25) is 10.1 Å². The highest BCUT2D eigenvalue weighted by molar-refractivity contribution is 5.80. The van der Waals surface area contributed by atoms with Gasteiger partial charge in [0, 0.05) is 6.54 Å². The molecule has 3 nitrogen and oxygen atoms in total. The lowest BCUT2D eigenvalue weighted by Gasteiger charge is -2.39. The fourth-order valence-electron chi connectivity index (χ4n) is 2.96. The van der Waals surface area contributed by atoms with Gasteiger partial charge in [0.25, 0.3) is 0 Å². The topological polar surface area (TPSA) is 49.3 Å². The molecule has 0 atom stereocenters. The summed E-state index contributed by atoms with van der Waals surface area (Å²) in [5.41, 5.74) is 4.49. The first-order chi connectivity index (χ1) is 9.66. The zero-order chi connectivity index (χ0) is 15.8. The van der Waals surface area contributed by atoms with Crippen LogP contribution >= 0.6 is 0 Å². The monoisotopic (exact) mass is 289 g/mol. The molecule has 116 valence electrons. The molecule has 0 aliphatic heterocycles. The van der Waals surface area contributed by atoms with Gasteiger partial charge in [0.2, 0.25) is 0 Å². The Morgan fingerprint density at radius 1 is 1.24 bits per heavy atom. The van der Waals surface area contributed by atoms with Gasteiger partial charge in [-0.2, -0.15) is 0 Å². The number of carbonyl (C=O) groups is 1. The smallest absolute Gasteiger partial charge is 0.323 e. The summed E-state index contributed by atoms with van der Waals surface area (Å²) >= 11 is 0. The summed E-state index contributed by atoms with van der Waals surface area (Å²) in [5.74, 6) is -0.713. The van der Waals surface area contributed by atoms with Crippen molar-refractivity contribution in [2.24, 2.45) is 0 Å². The van der Waals surface area contributed by atoms with Crippen LogP contribution in [0, 0.1) is 13.8 Å². The maximum Gasteiger partial charge on any atom is 0.323 e. The van der Waals surface area contributed by atoms with Crippen molar-refractivity contribution < 1.29 is 9.90 Å². The molecule has 0 radical (unpaired) electrons. The summed E-state index contributed by atoms with van der Waals surface area (Å²) in [5, 5.41) is 12.7. The van der Waals surface area contributed by atoms with E-state index in [1.165, 1.54) is 22.3 Å². The molecule has 0 aromatic heterocycles. The molecule has 0 spiro atoms. The van der Waals surface area contributed by atoms with Gasteiger partial charge in [0.15, 0.2) is 0 Å². The van der Waals surface area contributed by atoms with E-state index in [1.54, 1.807) is 0 Å². The molecule has 1 saturated carbocycles. The van der Waals surface area contributed by atoms with Crippen molar-refractivity contribution in [3.8, 4) is 0 Å². The Labute approximate surface area is 127 Å². The molecule has 0 saturated heterocycles. The highest BCUT2D eigenvalue weighted by Crippen LogP contribution is 2.33. The molecule has 0 unspecified atom stereocenters. The molecule has 2 N–H and O–H groups in total. The van der Waals surface area contributed by atoms with Crippen LogP contribution in [0.5, 0.6) is 0 Å². The van der Waals surface area contributed by atoms with Gasteiger partial charge in [-0.1, -0.05) is 32.9 Å². The molecule has 1 aromatic rings. The number of hydrogen-bond acceptors (Lipinski definition) is 2. The van der Waals surface area contributed by atoms with Crippen molar-refractivity contribution in [1.29, 1.82) is 0 Å². The maximum atomic E-state index is 11.4. The summed E-state index contributed by atoms with van der Waals surface area (Å²) < 4.78 is 0. The molecule has 0 amide bonds. The highest BCUT2D eigenvalue weighted by atomic mass is 16.4. The number of carboxylic acids is 1. The third-order valence-electron chi connectivity index (χ3n) is 4.78. The molecular weight excluding hydrogens is 262 g/mol. The fraction of sp³-hybridized carbons (Fsp3) is 0.611. The van der Waals surface area contributed by atoms with Gasteiger partial charge in [-0.25, -0.2) is 0 Å². The van der Waals surface area contributed by atoms with Crippen LogP contribution < -0.4 is 5.32 Å². The normalized spacial score (nSPS) is 17.4. The van der Waals surface area contributed by atoms with E-state index in [1.807, 2.05) is 0 Å². The number of nitrogens with one attached hydrogen (secondary N) is 1. The number of benzene rings is 1. The molecule has 2 rings (SSSR count). The van der Waals surface area contributed by atoms with Gasteiger partial charge in [0.05, 0.1) is 0 Å². The summed E-state index contributed by atoms with van der Waals surface area (Å²) in [6.45, 7) is 11.5. The van der Waals surface area contributed by atoms with E-state index in [9.17, 15) is 9.90 Å². The van der Waals surface area contributed by atoms with Crippen molar-refractivity contribution in [3.63, 3.8) is 0 Å². The second kappa shape index (κ2) is 5.45. The summed E-state index contributed by atoms with van der Waals surface area (Å²) in [4.78, 5) is 11.4. The van der Waals surface area contributed by atoms with Crippen molar-refractivity contribution in [2.75, 3.05) is 0 Å².